The highest BCUT2D eigenvalue weighted by molar-refractivity contribution is 6.07. The van der Waals surface area contributed by atoms with E-state index in [9.17, 15) is 14.0 Å². The Kier molecular flexibility index (Phi) is 5.18. The molecule has 1 aliphatic rings. The molecule has 1 aromatic carbocycles. The first-order chi connectivity index (χ1) is 14.5. The molecule has 1 aliphatic carbocycles. The summed E-state index contributed by atoms with van der Waals surface area (Å²) in [5.41, 5.74) is 1.53. The Morgan fingerprint density at radius 3 is 2.63 bits per heavy atom. The van der Waals surface area contributed by atoms with Crippen molar-refractivity contribution in [3.05, 3.63) is 77.6 Å². The zero-order valence-corrected chi connectivity index (χ0v) is 15.7. The van der Waals surface area contributed by atoms with Crippen molar-refractivity contribution >= 4 is 17.5 Å². The molecule has 4 rings (SSSR count). The molecule has 3 aromatic rings. The van der Waals surface area contributed by atoms with Crippen LogP contribution < -0.4 is 10.6 Å². The molecular weight excluding hydrogens is 385 g/mol. The zero-order chi connectivity index (χ0) is 21.1. The molecular formula is C22H16FN5O2. The minimum absolute atomic E-state index is 0.152. The van der Waals surface area contributed by atoms with Crippen LogP contribution in [0.15, 0.2) is 55.0 Å². The van der Waals surface area contributed by atoms with Crippen LogP contribution in [-0.2, 0) is 0 Å². The average Bonchev–Trinajstić information content (AvgIpc) is 3.58. The van der Waals surface area contributed by atoms with Gasteiger partial charge in [0.05, 0.1) is 23.5 Å². The maximum absolute atomic E-state index is 14.5. The molecule has 0 radical (unpaired) electrons. The minimum atomic E-state index is -0.585. The number of pyridine rings is 2. The predicted octanol–water partition coefficient (Wildman–Crippen LogP) is 3.30. The number of carbonyl (C=O) groups excluding carboxylic acids is 2. The lowest BCUT2D eigenvalue weighted by Gasteiger charge is -2.12. The van der Waals surface area contributed by atoms with Crippen molar-refractivity contribution in [3.63, 3.8) is 0 Å². The fourth-order valence-corrected chi connectivity index (χ4v) is 2.91. The summed E-state index contributed by atoms with van der Waals surface area (Å²) in [7, 11) is 0. The molecule has 148 valence electrons. The molecule has 2 N–H and O–H groups in total. The quantitative estimate of drug-likeness (QED) is 0.682. The van der Waals surface area contributed by atoms with Gasteiger partial charge >= 0.3 is 0 Å². The van der Waals surface area contributed by atoms with Gasteiger partial charge in [-0.15, -0.1) is 0 Å². The van der Waals surface area contributed by atoms with Crippen molar-refractivity contribution in [2.24, 2.45) is 0 Å². The Morgan fingerprint density at radius 2 is 1.90 bits per heavy atom. The summed E-state index contributed by atoms with van der Waals surface area (Å²) in [6, 6.07) is 10.6. The molecule has 0 saturated heterocycles. The SMILES string of the molecule is N#Cc1ccc(-c2ccncc2NC(=O)c2ccnc(C(=O)NC3CC3)c2)c(F)c1. The van der Waals surface area contributed by atoms with Crippen LogP contribution >= 0.6 is 0 Å². The second kappa shape index (κ2) is 8.09. The number of benzene rings is 1. The van der Waals surface area contributed by atoms with Crippen LogP contribution in [0, 0.1) is 17.1 Å². The van der Waals surface area contributed by atoms with Gasteiger partial charge < -0.3 is 10.6 Å². The number of hydrogen-bond donors (Lipinski definition) is 2. The fourth-order valence-electron chi connectivity index (χ4n) is 2.91. The molecule has 0 atom stereocenters. The van der Waals surface area contributed by atoms with Crippen LogP contribution in [-0.4, -0.2) is 27.8 Å². The highest BCUT2D eigenvalue weighted by Crippen LogP contribution is 2.30. The molecule has 7 nitrogen and oxygen atoms in total. The molecule has 1 fully saturated rings. The Labute approximate surface area is 171 Å². The smallest absolute Gasteiger partial charge is 0.270 e. The first-order valence-corrected chi connectivity index (χ1v) is 9.27. The first kappa shape index (κ1) is 19.2. The highest BCUT2D eigenvalue weighted by Gasteiger charge is 2.24. The Morgan fingerprint density at radius 1 is 1.07 bits per heavy atom. The van der Waals surface area contributed by atoms with Crippen LogP contribution in [0.25, 0.3) is 11.1 Å². The van der Waals surface area contributed by atoms with Gasteiger partial charge in [0, 0.05) is 35.1 Å². The van der Waals surface area contributed by atoms with Crippen LogP contribution in [0.1, 0.15) is 39.3 Å². The zero-order valence-electron chi connectivity index (χ0n) is 15.7. The summed E-state index contributed by atoms with van der Waals surface area (Å²) in [5, 5.41) is 14.5. The second-order valence-electron chi connectivity index (χ2n) is 6.86. The van der Waals surface area contributed by atoms with E-state index in [1.807, 2.05) is 6.07 Å². The third kappa shape index (κ3) is 4.15. The highest BCUT2D eigenvalue weighted by atomic mass is 19.1. The van der Waals surface area contributed by atoms with Gasteiger partial charge in [-0.1, -0.05) is 6.07 Å². The van der Waals surface area contributed by atoms with Gasteiger partial charge in [-0.2, -0.15) is 5.26 Å². The number of rotatable bonds is 5. The van der Waals surface area contributed by atoms with E-state index in [0.717, 1.165) is 18.9 Å². The maximum atomic E-state index is 14.5. The summed E-state index contributed by atoms with van der Waals surface area (Å²) in [4.78, 5) is 33.0. The lowest BCUT2D eigenvalue weighted by molar-refractivity contribution is 0.0946. The van der Waals surface area contributed by atoms with Crippen molar-refractivity contribution in [1.82, 2.24) is 15.3 Å². The summed E-state index contributed by atoms with van der Waals surface area (Å²) in [6.45, 7) is 0. The predicted molar refractivity (Wildman–Crippen MR) is 107 cm³/mol. The van der Waals surface area contributed by atoms with E-state index in [4.69, 9.17) is 5.26 Å². The van der Waals surface area contributed by atoms with Gasteiger partial charge in [0.25, 0.3) is 11.8 Å². The Balaban J connectivity index is 1.59. The number of nitrogens with zero attached hydrogens (tertiary/aromatic N) is 3. The van der Waals surface area contributed by atoms with E-state index in [1.54, 1.807) is 6.07 Å². The normalized spacial score (nSPS) is 12.7. The molecule has 2 amide bonds. The number of amides is 2. The van der Waals surface area contributed by atoms with Gasteiger partial charge in [0.2, 0.25) is 0 Å². The average molecular weight is 401 g/mol. The van der Waals surface area contributed by atoms with E-state index >= 15 is 0 Å². The Hall–Kier alpha value is -4.12. The Bertz CT molecular complexity index is 1180. The molecule has 2 aromatic heterocycles. The summed E-state index contributed by atoms with van der Waals surface area (Å²) < 4.78 is 14.5. The van der Waals surface area contributed by atoms with Crippen molar-refractivity contribution in [1.29, 1.82) is 5.26 Å². The standard InChI is InChI=1S/C22H16FN5O2/c23-18-9-13(11-24)1-4-16(18)17-6-7-25-12-20(17)28-21(29)14-5-8-26-19(10-14)22(30)27-15-2-3-15/h1,4-10,12,15H,2-3H2,(H,27,30)(H,28,29). The number of aromatic nitrogens is 2. The topological polar surface area (TPSA) is 108 Å². The van der Waals surface area contributed by atoms with E-state index < -0.39 is 11.7 Å². The van der Waals surface area contributed by atoms with Crippen LogP contribution in [0.4, 0.5) is 10.1 Å². The fraction of sp³-hybridized carbons (Fsp3) is 0.136. The summed E-state index contributed by atoms with van der Waals surface area (Å²) in [6.07, 6.45) is 6.17. The summed E-state index contributed by atoms with van der Waals surface area (Å²) in [5.74, 6) is -1.39. The van der Waals surface area contributed by atoms with Gasteiger partial charge in [-0.25, -0.2) is 4.39 Å². The second-order valence-corrected chi connectivity index (χ2v) is 6.86. The molecule has 0 unspecified atom stereocenters. The molecule has 0 bridgehead atoms. The maximum Gasteiger partial charge on any atom is 0.270 e. The third-order valence-corrected chi connectivity index (χ3v) is 4.62. The van der Waals surface area contributed by atoms with Crippen molar-refractivity contribution in [2.45, 2.75) is 18.9 Å². The van der Waals surface area contributed by atoms with E-state index in [2.05, 4.69) is 20.6 Å². The van der Waals surface area contributed by atoms with Crippen LogP contribution in [0.2, 0.25) is 0 Å². The largest absolute Gasteiger partial charge is 0.348 e. The number of nitriles is 1. The van der Waals surface area contributed by atoms with Gasteiger partial charge in [0.1, 0.15) is 11.5 Å². The molecule has 0 aliphatic heterocycles. The molecule has 1 saturated carbocycles. The van der Waals surface area contributed by atoms with Crippen LogP contribution in [0.3, 0.4) is 0 Å². The summed E-state index contributed by atoms with van der Waals surface area (Å²) >= 11 is 0. The van der Waals surface area contributed by atoms with Gasteiger partial charge in [-0.3, -0.25) is 19.6 Å². The van der Waals surface area contributed by atoms with Gasteiger partial charge in [0.15, 0.2) is 0 Å². The number of hydrogen-bond acceptors (Lipinski definition) is 5. The minimum Gasteiger partial charge on any atom is -0.348 e. The van der Waals surface area contributed by atoms with Crippen molar-refractivity contribution in [2.75, 3.05) is 5.32 Å². The van der Waals surface area contributed by atoms with E-state index in [1.165, 1.54) is 42.9 Å². The number of nitrogens with one attached hydrogen (secondary N) is 2. The monoisotopic (exact) mass is 401 g/mol. The van der Waals surface area contributed by atoms with Gasteiger partial charge in [-0.05, 0) is 43.2 Å². The first-order valence-electron chi connectivity index (χ1n) is 9.27. The van der Waals surface area contributed by atoms with E-state index in [0.29, 0.717) is 11.3 Å². The van der Waals surface area contributed by atoms with E-state index in [-0.39, 0.29) is 34.3 Å². The molecule has 30 heavy (non-hydrogen) atoms. The lowest BCUT2D eigenvalue weighted by Crippen LogP contribution is -2.26. The number of carbonyl (C=O) groups is 2. The third-order valence-electron chi connectivity index (χ3n) is 4.62. The molecule has 2 heterocycles. The molecule has 0 spiro atoms. The number of anilines is 1. The lowest BCUT2D eigenvalue weighted by atomic mass is 10.0. The van der Waals surface area contributed by atoms with Crippen molar-refractivity contribution < 1.29 is 14.0 Å². The number of halogens is 1. The van der Waals surface area contributed by atoms with Crippen LogP contribution in [0.5, 0.6) is 0 Å². The molecule has 8 heteroatoms. The van der Waals surface area contributed by atoms with Crippen molar-refractivity contribution in [3.8, 4) is 17.2 Å².